The molecule has 0 radical (unpaired) electrons. The number of nitrogens with one attached hydrogen (secondary N) is 6. The lowest BCUT2D eigenvalue weighted by Gasteiger charge is -2.30. The van der Waals surface area contributed by atoms with Crippen molar-refractivity contribution in [1.29, 1.82) is 0 Å². The molecule has 0 aliphatic heterocycles. The van der Waals surface area contributed by atoms with Crippen molar-refractivity contribution in [2.75, 3.05) is 0 Å². The topological polar surface area (TPSA) is 211 Å². The number of amides is 6. The quantitative estimate of drug-likeness (QED) is 0.267. The Balaban J connectivity index is 1.56. The van der Waals surface area contributed by atoms with Gasteiger partial charge >= 0.3 is 24.2 Å². The highest BCUT2D eigenvalue weighted by Gasteiger charge is 2.25. The van der Waals surface area contributed by atoms with Gasteiger partial charge in [-0.15, -0.1) is 0 Å². The van der Waals surface area contributed by atoms with Crippen LogP contribution in [-0.2, 0) is 9.68 Å². The van der Waals surface area contributed by atoms with Gasteiger partial charge in [0.1, 0.15) is 0 Å². The highest BCUT2D eigenvalue weighted by atomic mass is 16.7. The Morgan fingerprint density at radius 3 is 1.07 bits per heavy atom. The maximum Gasteiger partial charge on any atom is 0.426 e. The van der Waals surface area contributed by atoms with E-state index >= 15 is 0 Å². The summed E-state index contributed by atoms with van der Waals surface area (Å²) >= 11 is 0. The van der Waals surface area contributed by atoms with Crippen LogP contribution in [0.3, 0.4) is 0 Å². The summed E-state index contributed by atoms with van der Waals surface area (Å²) < 4.78 is 0. The van der Waals surface area contributed by atoms with Gasteiger partial charge in [-0.2, -0.15) is 11.8 Å². The molecule has 0 aromatic carbocycles. The predicted octanol–water partition coefficient (Wildman–Crippen LogP) is -0.678. The number of hydrazine groups is 1. The molecule has 170 valence electrons. The summed E-state index contributed by atoms with van der Waals surface area (Å²) in [5, 5.41) is 10.8. The first kappa shape index (κ1) is 23.3. The minimum absolute atomic E-state index is 0.0442. The number of rotatable bonds is 4. The highest BCUT2D eigenvalue weighted by molar-refractivity contribution is 5.80. The normalized spacial score (nSPS) is 25.8. The molecular weight excluding hydrogens is 400 g/mol. The van der Waals surface area contributed by atoms with Crippen LogP contribution in [0.1, 0.15) is 51.4 Å². The summed E-state index contributed by atoms with van der Waals surface area (Å²) in [5.74, 6) is 9.57. The van der Waals surface area contributed by atoms with Gasteiger partial charge in [-0.1, -0.05) is 0 Å². The molecule has 0 atom stereocenters. The van der Waals surface area contributed by atoms with Crippen molar-refractivity contribution in [3.05, 3.63) is 0 Å². The van der Waals surface area contributed by atoms with Gasteiger partial charge in [0.25, 0.3) is 0 Å². The molecule has 10 N–H and O–H groups in total. The first-order valence-corrected chi connectivity index (χ1v) is 9.87. The van der Waals surface area contributed by atoms with Gasteiger partial charge in [-0.3, -0.25) is 0 Å². The predicted molar refractivity (Wildman–Crippen MR) is 103 cm³/mol. The van der Waals surface area contributed by atoms with Gasteiger partial charge in [-0.25, -0.2) is 30.0 Å². The molecule has 0 heterocycles. The first-order valence-electron chi connectivity index (χ1n) is 9.87. The van der Waals surface area contributed by atoms with E-state index in [4.69, 9.17) is 11.8 Å². The molecule has 0 aromatic rings. The molecule has 2 aliphatic rings. The van der Waals surface area contributed by atoms with Crippen LogP contribution in [0.2, 0.25) is 0 Å². The number of hydrogen-bond acceptors (Lipinski definition) is 8. The van der Waals surface area contributed by atoms with E-state index in [1.54, 1.807) is 0 Å². The lowest BCUT2D eigenvalue weighted by atomic mass is 9.91. The van der Waals surface area contributed by atoms with Gasteiger partial charge in [0.2, 0.25) is 0 Å². The Morgan fingerprint density at radius 1 is 0.533 bits per heavy atom. The molecule has 0 unspecified atom stereocenters. The summed E-state index contributed by atoms with van der Waals surface area (Å²) in [6, 6.07) is -1.25. The molecular formula is C16H30N8O6. The van der Waals surface area contributed by atoms with Crippen molar-refractivity contribution in [2.45, 2.75) is 75.5 Å². The van der Waals surface area contributed by atoms with E-state index in [9.17, 15) is 19.2 Å². The smallest absolute Gasteiger partial charge is 0.357 e. The lowest BCUT2D eigenvalue weighted by molar-refractivity contribution is 0.138. The molecule has 2 rings (SSSR count). The van der Waals surface area contributed by atoms with Crippen LogP contribution in [0.5, 0.6) is 0 Å². The summed E-state index contributed by atoms with van der Waals surface area (Å²) in [6.45, 7) is 0. The lowest BCUT2D eigenvalue weighted by Crippen LogP contribution is -2.55. The fourth-order valence-electron chi connectivity index (χ4n) is 3.72. The van der Waals surface area contributed by atoms with Crippen LogP contribution < -0.4 is 43.9 Å². The Labute approximate surface area is 173 Å². The largest absolute Gasteiger partial charge is 0.426 e. The van der Waals surface area contributed by atoms with Gasteiger partial charge < -0.3 is 30.9 Å². The Morgan fingerprint density at radius 2 is 0.800 bits per heavy atom. The molecule has 2 aliphatic carbocycles. The molecule has 2 saturated carbocycles. The average Bonchev–Trinajstić information content (AvgIpc) is 2.75. The van der Waals surface area contributed by atoms with Crippen molar-refractivity contribution in [3.8, 4) is 0 Å². The summed E-state index contributed by atoms with van der Waals surface area (Å²) in [6.07, 6.45) is 4.03. The number of carbonyl (C=O) groups is 4. The third-order valence-corrected chi connectivity index (χ3v) is 5.27. The highest BCUT2D eigenvalue weighted by Crippen LogP contribution is 2.19. The van der Waals surface area contributed by atoms with E-state index in [-0.39, 0.29) is 24.2 Å². The van der Waals surface area contributed by atoms with Gasteiger partial charge in [0.15, 0.2) is 0 Å². The van der Waals surface area contributed by atoms with Crippen molar-refractivity contribution in [1.82, 2.24) is 32.1 Å². The maximum absolute atomic E-state index is 12.0. The number of hydrogen-bond donors (Lipinski definition) is 8. The van der Waals surface area contributed by atoms with Crippen LogP contribution in [0.25, 0.3) is 0 Å². The zero-order chi connectivity index (χ0) is 21.9. The summed E-state index contributed by atoms with van der Waals surface area (Å²) in [4.78, 5) is 54.2. The molecule has 2 fully saturated rings. The minimum atomic E-state index is -0.679. The van der Waals surface area contributed by atoms with Crippen molar-refractivity contribution >= 4 is 24.2 Å². The van der Waals surface area contributed by atoms with E-state index in [2.05, 4.69) is 41.8 Å². The van der Waals surface area contributed by atoms with Gasteiger partial charge in [0.05, 0.1) is 0 Å². The minimum Gasteiger partial charge on any atom is -0.357 e. The average molecular weight is 430 g/mol. The molecule has 14 heteroatoms. The fraction of sp³-hybridized carbons (Fsp3) is 0.750. The summed E-state index contributed by atoms with van der Waals surface area (Å²) in [7, 11) is 0. The van der Waals surface area contributed by atoms with E-state index in [1.807, 2.05) is 0 Å². The second kappa shape index (κ2) is 11.9. The molecule has 6 amide bonds. The van der Waals surface area contributed by atoms with Crippen molar-refractivity contribution in [3.63, 3.8) is 0 Å². The number of urea groups is 2. The Bertz CT molecular complexity index is 553. The van der Waals surface area contributed by atoms with E-state index < -0.39 is 24.2 Å². The van der Waals surface area contributed by atoms with Crippen molar-refractivity contribution < 1.29 is 28.9 Å². The fourth-order valence-corrected chi connectivity index (χ4v) is 3.72. The zero-order valence-electron chi connectivity index (χ0n) is 16.6. The second-order valence-electron chi connectivity index (χ2n) is 7.39. The SMILES string of the molecule is NOC(=O)NC1CCC(NC(=O)NNC(=O)NC2CCC(NC(=O)ON)CC2)CC1. The Kier molecular flexibility index (Phi) is 9.21. The number of nitrogens with two attached hydrogens (primary N) is 2. The van der Waals surface area contributed by atoms with Crippen LogP contribution in [0.15, 0.2) is 0 Å². The maximum atomic E-state index is 12.0. The molecule has 0 bridgehead atoms. The Hall–Kier alpha value is -3.00. The standard InChI is InChI=1S/C16H30N8O6/c17-29-15(27)21-11-5-1-9(2-6-11)19-13(25)23-24-14(26)20-10-3-7-12(8-4-10)22-16(28)30-18/h9-12H,1-8,17-18H2,(H,21,27)(H,22,28)(H2,19,23,25)(H2,20,24,26). The first-order chi connectivity index (χ1) is 14.4. The van der Waals surface area contributed by atoms with Crippen LogP contribution in [-0.4, -0.2) is 48.4 Å². The molecule has 30 heavy (non-hydrogen) atoms. The molecule has 0 aromatic heterocycles. The van der Waals surface area contributed by atoms with E-state index in [1.165, 1.54) is 0 Å². The van der Waals surface area contributed by atoms with E-state index in [0.29, 0.717) is 51.4 Å². The zero-order valence-corrected chi connectivity index (χ0v) is 16.6. The number of carbonyl (C=O) groups excluding carboxylic acids is 4. The van der Waals surface area contributed by atoms with Gasteiger partial charge in [-0.05, 0) is 51.4 Å². The van der Waals surface area contributed by atoms with Crippen LogP contribution in [0.4, 0.5) is 19.2 Å². The summed E-state index contributed by atoms with van der Waals surface area (Å²) in [5.41, 5.74) is 4.62. The third kappa shape index (κ3) is 8.16. The molecule has 0 saturated heterocycles. The van der Waals surface area contributed by atoms with Gasteiger partial charge in [0, 0.05) is 24.2 Å². The monoisotopic (exact) mass is 430 g/mol. The third-order valence-electron chi connectivity index (χ3n) is 5.27. The van der Waals surface area contributed by atoms with Crippen LogP contribution in [0, 0.1) is 0 Å². The van der Waals surface area contributed by atoms with Crippen molar-refractivity contribution in [2.24, 2.45) is 11.8 Å². The molecule has 0 spiro atoms. The van der Waals surface area contributed by atoms with Crippen LogP contribution >= 0.6 is 0 Å². The van der Waals surface area contributed by atoms with E-state index in [0.717, 1.165) is 0 Å². The molecule has 14 nitrogen and oxygen atoms in total. The second-order valence-corrected chi connectivity index (χ2v) is 7.39.